The molecule has 0 radical (unpaired) electrons. The standard InChI is InChI=1S/C22H21N3O8S/c1-14-4-9-17(34(30,31)24(2)3)12-18(14)23-21(26)13-32-22(27)20-11-10-19(33-20)15-5-7-16(8-6-15)25(28)29/h4-12H,13H2,1-3H3,(H,23,26). The molecule has 0 unspecified atom stereocenters. The molecule has 0 saturated carbocycles. The van der Waals surface area contributed by atoms with Crippen LogP contribution in [0.4, 0.5) is 11.4 Å². The van der Waals surface area contributed by atoms with Gasteiger partial charge in [-0.2, -0.15) is 0 Å². The molecule has 3 aromatic rings. The molecular formula is C22H21N3O8S. The predicted octanol–water partition coefficient (Wildman–Crippen LogP) is 3.21. The number of nitrogens with one attached hydrogen (secondary N) is 1. The molecular weight excluding hydrogens is 466 g/mol. The van der Waals surface area contributed by atoms with E-state index in [1.807, 2.05) is 0 Å². The van der Waals surface area contributed by atoms with Crippen molar-refractivity contribution in [1.82, 2.24) is 4.31 Å². The molecule has 0 spiro atoms. The summed E-state index contributed by atoms with van der Waals surface area (Å²) in [6.45, 7) is 1.06. The van der Waals surface area contributed by atoms with E-state index in [9.17, 15) is 28.1 Å². The van der Waals surface area contributed by atoms with Crippen LogP contribution in [-0.2, 0) is 19.6 Å². The molecule has 0 atom stereocenters. The highest BCUT2D eigenvalue weighted by molar-refractivity contribution is 7.89. The quantitative estimate of drug-likeness (QED) is 0.289. The Kier molecular flexibility index (Phi) is 7.13. The Labute approximate surface area is 195 Å². The Bertz CT molecular complexity index is 1340. The average molecular weight is 487 g/mol. The molecule has 2 aromatic carbocycles. The van der Waals surface area contributed by atoms with E-state index in [4.69, 9.17) is 9.15 Å². The van der Waals surface area contributed by atoms with Crippen LogP contribution in [0, 0.1) is 17.0 Å². The first kappa shape index (κ1) is 24.6. The molecule has 1 N–H and O–H groups in total. The average Bonchev–Trinajstić information content (AvgIpc) is 3.29. The van der Waals surface area contributed by atoms with E-state index in [0.717, 1.165) is 4.31 Å². The molecule has 0 saturated heterocycles. The number of benzene rings is 2. The third-order valence-corrected chi connectivity index (χ3v) is 6.58. The number of nitro benzene ring substituents is 1. The fourth-order valence-corrected chi connectivity index (χ4v) is 3.77. The number of sulfonamides is 1. The number of anilines is 1. The smallest absolute Gasteiger partial charge is 0.374 e. The van der Waals surface area contributed by atoms with Gasteiger partial charge in [0.1, 0.15) is 5.76 Å². The zero-order valence-electron chi connectivity index (χ0n) is 18.5. The van der Waals surface area contributed by atoms with Crippen LogP contribution in [0.15, 0.2) is 63.9 Å². The van der Waals surface area contributed by atoms with Crippen LogP contribution in [-0.4, -0.2) is 50.2 Å². The topological polar surface area (TPSA) is 149 Å². The van der Waals surface area contributed by atoms with Gasteiger partial charge in [-0.15, -0.1) is 0 Å². The van der Waals surface area contributed by atoms with Crippen LogP contribution in [0.25, 0.3) is 11.3 Å². The lowest BCUT2D eigenvalue weighted by Gasteiger charge is -2.14. The van der Waals surface area contributed by atoms with Crippen molar-refractivity contribution in [3.63, 3.8) is 0 Å². The highest BCUT2D eigenvalue weighted by atomic mass is 32.2. The third-order valence-electron chi connectivity index (χ3n) is 4.77. The van der Waals surface area contributed by atoms with Crippen LogP contribution in [0.1, 0.15) is 16.1 Å². The number of non-ortho nitro benzene ring substituents is 1. The largest absolute Gasteiger partial charge is 0.450 e. The Morgan fingerprint density at radius 1 is 1.09 bits per heavy atom. The molecule has 3 rings (SSSR count). The molecule has 1 amide bonds. The van der Waals surface area contributed by atoms with Gasteiger partial charge in [-0.25, -0.2) is 17.5 Å². The summed E-state index contributed by atoms with van der Waals surface area (Å²) in [5, 5.41) is 13.3. The normalized spacial score (nSPS) is 11.3. The van der Waals surface area contributed by atoms with E-state index < -0.39 is 33.4 Å². The minimum absolute atomic E-state index is 0.00440. The van der Waals surface area contributed by atoms with E-state index in [2.05, 4.69) is 5.32 Å². The van der Waals surface area contributed by atoms with Gasteiger partial charge in [0.25, 0.3) is 11.6 Å². The summed E-state index contributed by atoms with van der Waals surface area (Å²) in [5.41, 5.74) is 1.32. The Morgan fingerprint density at radius 2 is 1.76 bits per heavy atom. The summed E-state index contributed by atoms with van der Waals surface area (Å²) in [6.07, 6.45) is 0. The van der Waals surface area contributed by atoms with Crippen LogP contribution in [0.5, 0.6) is 0 Å². The maximum Gasteiger partial charge on any atom is 0.374 e. The van der Waals surface area contributed by atoms with Crippen molar-refractivity contribution in [3.05, 3.63) is 76.0 Å². The van der Waals surface area contributed by atoms with E-state index >= 15 is 0 Å². The maximum atomic E-state index is 12.3. The van der Waals surface area contributed by atoms with Gasteiger partial charge in [0.05, 0.1) is 9.82 Å². The summed E-state index contributed by atoms with van der Waals surface area (Å²) in [7, 11) is -0.895. The first-order valence-electron chi connectivity index (χ1n) is 9.84. The van der Waals surface area contributed by atoms with Crippen LogP contribution >= 0.6 is 0 Å². The number of carbonyl (C=O) groups excluding carboxylic acids is 2. The molecule has 0 aliphatic rings. The second-order valence-electron chi connectivity index (χ2n) is 7.36. The zero-order chi connectivity index (χ0) is 25.0. The summed E-state index contributed by atoms with van der Waals surface area (Å²) < 4.78 is 36.1. The summed E-state index contributed by atoms with van der Waals surface area (Å²) in [6, 6.07) is 12.7. The van der Waals surface area contributed by atoms with Crippen molar-refractivity contribution in [2.75, 3.05) is 26.0 Å². The molecule has 0 aliphatic carbocycles. The lowest BCUT2D eigenvalue weighted by molar-refractivity contribution is -0.384. The predicted molar refractivity (Wildman–Crippen MR) is 122 cm³/mol. The second kappa shape index (κ2) is 9.85. The molecule has 12 heteroatoms. The van der Waals surface area contributed by atoms with Crippen molar-refractivity contribution >= 4 is 33.3 Å². The van der Waals surface area contributed by atoms with Gasteiger partial charge in [-0.05, 0) is 48.9 Å². The highest BCUT2D eigenvalue weighted by Crippen LogP contribution is 2.25. The van der Waals surface area contributed by atoms with Gasteiger partial charge in [-0.3, -0.25) is 14.9 Å². The monoisotopic (exact) mass is 487 g/mol. The van der Waals surface area contributed by atoms with Gasteiger partial charge in [0.15, 0.2) is 6.61 Å². The van der Waals surface area contributed by atoms with Crippen molar-refractivity contribution < 1.29 is 32.1 Å². The first-order valence-corrected chi connectivity index (χ1v) is 11.3. The summed E-state index contributed by atoms with van der Waals surface area (Å²) >= 11 is 0. The molecule has 0 bridgehead atoms. The van der Waals surface area contributed by atoms with Gasteiger partial charge in [0, 0.05) is 37.5 Å². The van der Waals surface area contributed by atoms with Gasteiger partial charge < -0.3 is 14.5 Å². The fourth-order valence-electron chi connectivity index (χ4n) is 2.85. The number of nitrogens with zero attached hydrogens (tertiary/aromatic N) is 2. The summed E-state index contributed by atoms with van der Waals surface area (Å²) in [4.78, 5) is 34.7. The van der Waals surface area contributed by atoms with E-state index in [-0.39, 0.29) is 22.0 Å². The van der Waals surface area contributed by atoms with E-state index in [0.29, 0.717) is 16.9 Å². The number of aryl methyl sites for hydroxylation is 1. The van der Waals surface area contributed by atoms with E-state index in [1.54, 1.807) is 13.0 Å². The van der Waals surface area contributed by atoms with Crippen molar-refractivity contribution in [1.29, 1.82) is 0 Å². The van der Waals surface area contributed by atoms with Crippen LogP contribution in [0.3, 0.4) is 0 Å². The Balaban J connectivity index is 1.63. The number of hydrogen-bond donors (Lipinski definition) is 1. The van der Waals surface area contributed by atoms with E-state index in [1.165, 1.54) is 62.6 Å². The van der Waals surface area contributed by atoms with Crippen molar-refractivity contribution in [2.45, 2.75) is 11.8 Å². The first-order chi connectivity index (χ1) is 16.0. The van der Waals surface area contributed by atoms with Gasteiger partial charge in [0.2, 0.25) is 15.8 Å². The number of carbonyl (C=O) groups is 2. The molecule has 1 aromatic heterocycles. The number of nitro groups is 1. The minimum Gasteiger partial charge on any atom is -0.450 e. The van der Waals surface area contributed by atoms with Gasteiger partial charge in [-0.1, -0.05) is 6.07 Å². The Hall–Kier alpha value is -4.03. The van der Waals surface area contributed by atoms with Crippen molar-refractivity contribution in [3.8, 4) is 11.3 Å². The lowest BCUT2D eigenvalue weighted by atomic mass is 10.1. The number of ether oxygens (including phenoxy) is 1. The number of furan rings is 1. The molecule has 0 fully saturated rings. The van der Waals surface area contributed by atoms with Crippen LogP contribution < -0.4 is 5.32 Å². The second-order valence-corrected chi connectivity index (χ2v) is 9.51. The SMILES string of the molecule is Cc1ccc(S(=O)(=O)N(C)C)cc1NC(=O)COC(=O)c1ccc(-c2ccc([N+](=O)[O-])cc2)o1. The molecule has 178 valence electrons. The molecule has 11 nitrogen and oxygen atoms in total. The Morgan fingerprint density at radius 3 is 2.38 bits per heavy atom. The zero-order valence-corrected chi connectivity index (χ0v) is 19.3. The number of rotatable bonds is 8. The number of hydrogen-bond acceptors (Lipinski definition) is 8. The van der Waals surface area contributed by atoms with Crippen molar-refractivity contribution in [2.24, 2.45) is 0 Å². The highest BCUT2D eigenvalue weighted by Gasteiger charge is 2.20. The minimum atomic E-state index is -3.69. The number of amides is 1. The van der Waals surface area contributed by atoms with Gasteiger partial charge >= 0.3 is 5.97 Å². The molecule has 0 aliphatic heterocycles. The fraction of sp³-hybridized carbons (Fsp3) is 0.182. The lowest BCUT2D eigenvalue weighted by Crippen LogP contribution is -2.23. The maximum absolute atomic E-state index is 12.3. The third kappa shape index (κ3) is 5.47. The van der Waals surface area contributed by atoms with Crippen LogP contribution in [0.2, 0.25) is 0 Å². The number of esters is 1. The molecule has 1 heterocycles. The summed E-state index contributed by atoms with van der Waals surface area (Å²) in [5.74, 6) is -1.42. The molecule has 34 heavy (non-hydrogen) atoms.